The number of piperazine rings is 1. The van der Waals surface area contributed by atoms with Crippen LogP contribution in [0.4, 0.5) is 13.2 Å². The predicted molar refractivity (Wildman–Crippen MR) is 212 cm³/mol. The molecule has 0 aliphatic carbocycles. The number of fused-ring (bicyclic) bond motifs is 1. The third kappa shape index (κ3) is 10.2. The molecule has 2 aromatic carbocycles. The fourth-order valence-corrected chi connectivity index (χ4v) is 7.67. The highest BCUT2D eigenvalue weighted by atomic mass is 35.5. The fourth-order valence-electron chi connectivity index (χ4n) is 7.55. The minimum absolute atomic E-state index is 0.0273. The molecule has 318 valence electrons. The summed E-state index contributed by atoms with van der Waals surface area (Å²) in [5.41, 5.74) is 1.09. The number of nitrogens with one attached hydrogen (secondary N) is 2. The lowest BCUT2D eigenvalue weighted by molar-refractivity contribution is -0.145. The van der Waals surface area contributed by atoms with E-state index in [0.29, 0.717) is 45.9 Å². The molecule has 14 nitrogen and oxygen atoms in total. The van der Waals surface area contributed by atoms with E-state index in [-0.39, 0.29) is 45.0 Å². The van der Waals surface area contributed by atoms with Gasteiger partial charge in [0.25, 0.3) is 0 Å². The average molecular weight is 852 g/mol. The number of carbonyl (C=O) groups is 2. The van der Waals surface area contributed by atoms with E-state index in [1.807, 2.05) is 24.1 Å². The molecule has 0 radical (unpaired) electrons. The van der Waals surface area contributed by atoms with Crippen LogP contribution in [0.2, 0.25) is 5.02 Å². The number of halogens is 4. The van der Waals surface area contributed by atoms with E-state index in [0.717, 1.165) is 5.56 Å². The first-order valence-electron chi connectivity index (χ1n) is 19.4. The minimum atomic E-state index is -4.65. The maximum atomic E-state index is 14.2. The Morgan fingerprint density at radius 2 is 1.72 bits per heavy atom. The summed E-state index contributed by atoms with van der Waals surface area (Å²) < 4.78 is 57.8. The van der Waals surface area contributed by atoms with Gasteiger partial charge in [-0.15, -0.1) is 0 Å². The molecule has 1 saturated heterocycles. The lowest BCUT2D eigenvalue weighted by Crippen LogP contribution is -2.63. The van der Waals surface area contributed by atoms with Gasteiger partial charge >= 0.3 is 6.18 Å². The Bertz CT molecular complexity index is 2240. The van der Waals surface area contributed by atoms with Crippen LogP contribution in [0.25, 0.3) is 22.6 Å². The van der Waals surface area contributed by atoms with Crippen LogP contribution in [0.5, 0.6) is 5.75 Å². The van der Waals surface area contributed by atoms with Crippen LogP contribution in [0.3, 0.4) is 0 Å². The van der Waals surface area contributed by atoms with Crippen molar-refractivity contribution in [2.45, 2.75) is 62.7 Å². The number of amides is 2. The number of pyridine rings is 1. The molecule has 5 heterocycles. The van der Waals surface area contributed by atoms with E-state index in [1.165, 1.54) is 6.20 Å². The molecule has 0 saturated carbocycles. The molecule has 3 aromatic heterocycles. The van der Waals surface area contributed by atoms with Crippen LogP contribution in [0.15, 0.2) is 94.3 Å². The largest absolute Gasteiger partial charge is 0.490 e. The lowest BCUT2D eigenvalue weighted by Gasteiger charge is -2.46. The van der Waals surface area contributed by atoms with Crippen LogP contribution in [-0.2, 0) is 21.5 Å². The number of hydrogen-bond acceptors (Lipinski definition) is 12. The van der Waals surface area contributed by atoms with Gasteiger partial charge in [-0.2, -0.15) is 13.2 Å². The van der Waals surface area contributed by atoms with E-state index >= 15 is 0 Å². The van der Waals surface area contributed by atoms with Crippen molar-refractivity contribution in [2.24, 2.45) is 5.92 Å². The number of aromatic nitrogens is 3. The summed E-state index contributed by atoms with van der Waals surface area (Å²) in [4.78, 5) is 44.3. The SMILES string of the molecule is CC(C)(c1ncc(-c2ccc(Cl)cc2)o1)N1CCN(CC(O)C[C@@H](Cc2ncc(-c3cccnc3)o2)C(=O)N[C@H]2c3ccccc3OC[C@H]2O)[C@H](C(=O)NCC(F)(F)F)C1. The topological polar surface area (TPSA) is 179 Å². The van der Waals surface area contributed by atoms with Crippen LogP contribution in [0, 0.1) is 5.92 Å². The molecule has 7 rings (SSSR count). The van der Waals surface area contributed by atoms with Crippen LogP contribution >= 0.6 is 11.6 Å². The number of carbonyl (C=O) groups excluding carboxylic acids is 2. The molecule has 0 bridgehead atoms. The number of alkyl halides is 3. The molecule has 1 fully saturated rings. The van der Waals surface area contributed by atoms with E-state index < -0.39 is 60.3 Å². The van der Waals surface area contributed by atoms with Crippen LogP contribution in [0.1, 0.15) is 43.7 Å². The summed E-state index contributed by atoms with van der Waals surface area (Å²) in [6.45, 7) is 2.43. The summed E-state index contributed by atoms with van der Waals surface area (Å²) in [7, 11) is 0. The molecular formula is C42H45ClF3N7O7. The van der Waals surface area contributed by atoms with Crippen molar-refractivity contribution in [1.82, 2.24) is 35.4 Å². The first kappa shape index (κ1) is 42.8. The van der Waals surface area contributed by atoms with Crippen molar-refractivity contribution in [1.29, 1.82) is 0 Å². The van der Waals surface area contributed by atoms with Gasteiger partial charge in [0.1, 0.15) is 31.0 Å². The smallest absolute Gasteiger partial charge is 0.405 e. The standard InChI is InChI=1S/C42H45ClF3N7O7/c1-41(2,40-49-20-34(60-40)25-9-11-28(43)12-10-25)53-15-14-52(31(22-53)39(57)50-24-42(44,45)46)21-29(54)16-27(17-36-48-19-35(59-36)26-6-5-13-47-18-26)38(56)51-37-30-7-3-4-8-33(30)58-23-32(37)55/h3-13,18-20,27,29,31-32,37,54-55H,14-17,21-24H2,1-2H3,(H,50,57)(H,51,56)/t27-,29?,31-,32+,37-/m0/s1. The quantitative estimate of drug-likeness (QED) is 0.116. The summed E-state index contributed by atoms with van der Waals surface area (Å²) >= 11 is 6.05. The van der Waals surface area contributed by atoms with Gasteiger partial charge in [0, 0.05) is 72.6 Å². The molecular weight excluding hydrogens is 807 g/mol. The van der Waals surface area contributed by atoms with Crippen molar-refractivity contribution in [3.63, 3.8) is 0 Å². The molecule has 5 aromatic rings. The second-order valence-corrected chi connectivity index (χ2v) is 15.9. The van der Waals surface area contributed by atoms with E-state index in [9.17, 15) is 33.0 Å². The van der Waals surface area contributed by atoms with Crippen molar-refractivity contribution in [3.05, 3.63) is 108 Å². The second kappa shape index (κ2) is 18.1. The Labute approximate surface area is 348 Å². The zero-order valence-electron chi connectivity index (χ0n) is 32.8. The highest BCUT2D eigenvalue weighted by molar-refractivity contribution is 6.30. The second-order valence-electron chi connectivity index (χ2n) is 15.4. The van der Waals surface area contributed by atoms with Gasteiger partial charge in [-0.1, -0.05) is 29.8 Å². The molecule has 2 aliphatic rings. The minimum Gasteiger partial charge on any atom is -0.490 e. The molecule has 18 heteroatoms. The lowest BCUT2D eigenvalue weighted by atomic mass is 9.93. The summed E-state index contributed by atoms with van der Waals surface area (Å²) in [5, 5.41) is 28.1. The number of aliphatic hydroxyl groups excluding tert-OH is 2. The summed E-state index contributed by atoms with van der Waals surface area (Å²) in [6.07, 6.45) is -0.847. The predicted octanol–water partition coefficient (Wildman–Crippen LogP) is 5.17. The number of aliphatic hydroxyl groups is 2. The fraction of sp³-hybridized carbons (Fsp3) is 0.405. The van der Waals surface area contributed by atoms with Gasteiger partial charge < -0.3 is 34.4 Å². The zero-order valence-corrected chi connectivity index (χ0v) is 33.6. The zero-order chi connectivity index (χ0) is 42.6. The Kier molecular flexibility index (Phi) is 12.9. The third-order valence-electron chi connectivity index (χ3n) is 10.8. The van der Waals surface area contributed by atoms with Crippen LogP contribution in [-0.4, -0.2) is 111 Å². The van der Waals surface area contributed by atoms with Crippen molar-refractivity contribution < 1.29 is 46.5 Å². The van der Waals surface area contributed by atoms with Crippen LogP contribution < -0.4 is 15.4 Å². The normalized spacial score (nSPS) is 19.8. The molecule has 2 aliphatic heterocycles. The number of benzene rings is 2. The van der Waals surface area contributed by atoms with Gasteiger partial charge in [-0.3, -0.25) is 24.4 Å². The average Bonchev–Trinajstić information content (AvgIpc) is 3.93. The Balaban J connectivity index is 1.10. The number of nitrogens with zero attached hydrogens (tertiary/aromatic N) is 5. The van der Waals surface area contributed by atoms with Gasteiger partial charge in [-0.05, 0) is 62.7 Å². The Morgan fingerprint density at radius 1 is 0.967 bits per heavy atom. The van der Waals surface area contributed by atoms with Crippen molar-refractivity contribution >= 4 is 23.4 Å². The number of rotatable bonds is 14. The highest BCUT2D eigenvalue weighted by Gasteiger charge is 2.43. The number of β-amino-alcohol motifs (C(OH)–C–C–N with tert-alkyl or cyclic N) is 1. The van der Waals surface area contributed by atoms with Gasteiger partial charge in [-0.25, -0.2) is 9.97 Å². The first-order chi connectivity index (χ1) is 28.6. The van der Waals surface area contributed by atoms with E-state index in [1.54, 1.807) is 84.2 Å². The van der Waals surface area contributed by atoms with E-state index in [2.05, 4.69) is 20.3 Å². The van der Waals surface area contributed by atoms with Crippen molar-refractivity contribution in [2.75, 3.05) is 39.3 Å². The number of ether oxygens (including phenoxy) is 1. The number of para-hydroxylation sites is 1. The summed E-state index contributed by atoms with van der Waals surface area (Å²) in [5.74, 6) is -0.376. The highest BCUT2D eigenvalue weighted by Crippen LogP contribution is 2.35. The summed E-state index contributed by atoms with van der Waals surface area (Å²) in [6, 6.07) is 15.6. The maximum absolute atomic E-state index is 14.2. The van der Waals surface area contributed by atoms with Gasteiger partial charge in [0.2, 0.25) is 17.7 Å². The number of oxazole rings is 2. The Morgan fingerprint density at radius 3 is 2.47 bits per heavy atom. The van der Waals surface area contributed by atoms with Crippen molar-refractivity contribution in [3.8, 4) is 28.4 Å². The molecule has 0 spiro atoms. The van der Waals surface area contributed by atoms with E-state index in [4.69, 9.17) is 25.2 Å². The molecule has 2 amide bonds. The first-order valence-corrected chi connectivity index (χ1v) is 19.8. The molecule has 1 unspecified atom stereocenters. The maximum Gasteiger partial charge on any atom is 0.405 e. The number of hydrogen-bond donors (Lipinski definition) is 4. The monoisotopic (exact) mass is 851 g/mol. The Hall–Kier alpha value is -5.33. The molecule has 5 atom stereocenters. The molecule has 60 heavy (non-hydrogen) atoms. The molecule has 4 N–H and O–H groups in total. The van der Waals surface area contributed by atoms with Gasteiger partial charge in [0.15, 0.2) is 17.4 Å². The van der Waals surface area contributed by atoms with Gasteiger partial charge in [0.05, 0.1) is 30.1 Å². The third-order valence-corrected chi connectivity index (χ3v) is 11.1.